The standard InChI is InChI=1S/C17H19FN6O4/c1-10(21-27-3)15-9-24(22-20-15)16-5-4-12(6-14(16)18)23-8-13(28-17(23)26)7-19-11(2)25/h4-6,9,13H,7-8H2,1-3H3,(H,19,25)/b21-10+/t13-/m0/s1. The third-order valence-corrected chi connectivity index (χ3v) is 4.03. The van der Waals surface area contributed by atoms with Gasteiger partial charge in [-0.15, -0.1) is 5.10 Å². The quantitative estimate of drug-likeness (QED) is 0.587. The molecule has 2 heterocycles. The molecule has 0 aliphatic carbocycles. The largest absolute Gasteiger partial charge is 0.442 e. The van der Waals surface area contributed by atoms with Crippen molar-refractivity contribution in [2.24, 2.45) is 5.16 Å². The lowest BCUT2D eigenvalue weighted by molar-refractivity contribution is -0.119. The molecular weight excluding hydrogens is 371 g/mol. The van der Waals surface area contributed by atoms with Gasteiger partial charge in [0.05, 0.1) is 25.0 Å². The number of hydrogen-bond donors (Lipinski definition) is 1. The van der Waals surface area contributed by atoms with Crippen LogP contribution in [-0.4, -0.2) is 59.0 Å². The highest BCUT2D eigenvalue weighted by atomic mass is 19.1. The summed E-state index contributed by atoms with van der Waals surface area (Å²) in [6, 6.07) is 4.28. The molecule has 0 unspecified atom stereocenters. The molecule has 1 N–H and O–H groups in total. The highest BCUT2D eigenvalue weighted by Gasteiger charge is 2.32. The number of nitrogens with one attached hydrogen (secondary N) is 1. The number of rotatable bonds is 6. The lowest BCUT2D eigenvalue weighted by atomic mass is 10.2. The molecule has 1 aromatic heterocycles. The number of carbonyl (C=O) groups is 2. The Labute approximate surface area is 159 Å². The maximum atomic E-state index is 14.6. The molecule has 0 bridgehead atoms. The first kappa shape index (κ1) is 19.3. The Morgan fingerprint density at radius 1 is 1.46 bits per heavy atom. The molecule has 1 aromatic carbocycles. The van der Waals surface area contributed by atoms with E-state index in [-0.39, 0.29) is 24.7 Å². The number of oxime groups is 1. The van der Waals surface area contributed by atoms with Gasteiger partial charge in [0.2, 0.25) is 5.91 Å². The molecule has 148 valence electrons. The summed E-state index contributed by atoms with van der Waals surface area (Å²) in [6.45, 7) is 3.47. The first-order chi connectivity index (χ1) is 13.4. The Balaban J connectivity index is 1.77. The van der Waals surface area contributed by atoms with Crippen molar-refractivity contribution in [2.75, 3.05) is 25.1 Å². The van der Waals surface area contributed by atoms with Crippen molar-refractivity contribution < 1.29 is 23.6 Å². The molecule has 1 saturated heterocycles. The predicted molar refractivity (Wildman–Crippen MR) is 96.8 cm³/mol. The number of anilines is 1. The summed E-state index contributed by atoms with van der Waals surface area (Å²) in [5, 5.41) is 14.2. The molecule has 0 saturated carbocycles. The number of amides is 2. The van der Waals surface area contributed by atoms with Crippen LogP contribution in [0.2, 0.25) is 0 Å². The second-order valence-electron chi connectivity index (χ2n) is 6.10. The lowest BCUT2D eigenvalue weighted by Gasteiger charge is -2.14. The molecule has 28 heavy (non-hydrogen) atoms. The minimum absolute atomic E-state index is 0.162. The van der Waals surface area contributed by atoms with E-state index in [0.29, 0.717) is 17.1 Å². The van der Waals surface area contributed by atoms with Crippen LogP contribution in [0, 0.1) is 5.82 Å². The number of aromatic nitrogens is 3. The number of nitrogens with zero attached hydrogens (tertiary/aromatic N) is 5. The molecule has 1 fully saturated rings. The van der Waals surface area contributed by atoms with Gasteiger partial charge in [-0.25, -0.2) is 13.9 Å². The van der Waals surface area contributed by atoms with Gasteiger partial charge < -0.3 is 14.9 Å². The maximum Gasteiger partial charge on any atom is 0.414 e. The molecule has 1 atom stereocenters. The Kier molecular flexibility index (Phi) is 5.52. The third-order valence-electron chi connectivity index (χ3n) is 4.03. The van der Waals surface area contributed by atoms with Crippen molar-refractivity contribution in [1.29, 1.82) is 0 Å². The van der Waals surface area contributed by atoms with Gasteiger partial charge in [-0.3, -0.25) is 9.69 Å². The van der Waals surface area contributed by atoms with E-state index >= 15 is 0 Å². The Bertz CT molecular complexity index is 928. The topological polar surface area (TPSA) is 111 Å². The van der Waals surface area contributed by atoms with Crippen LogP contribution in [0.15, 0.2) is 29.6 Å². The van der Waals surface area contributed by atoms with Gasteiger partial charge in [0.1, 0.15) is 30.3 Å². The summed E-state index contributed by atoms with van der Waals surface area (Å²) in [5.74, 6) is -0.809. The number of cyclic esters (lactones) is 1. The average Bonchev–Trinajstić information content (AvgIpc) is 3.27. The summed E-state index contributed by atoms with van der Waals surface area (Å²) in [6.07, 6.45) is 0.417. The molecule has 2 amide bonds. The highest BCUT2D eigenvalue weighted by Crippen LogP contribution is 2.25. The highest BCUT2D eigenvalue weighted by molar-refractivity contribution is 5.96. The number of carbonyl (C=O) groups excluding carboxylic acids is 2. The van der Waals surface area contributed by atoms with Gasteiger partial charge in [-0.05, 0) is 25.1 Å². The second kappa shape index (κ2) is 8.03. The van der Waals surface area contributed by atoms with Crippen LogP contribution >= 0.6 is 0 Å². The van der Waals surface area contributed by atoms with Crippen molar-refractivity contribution in [1.82, 2.24) is 20.3 Å². The molecule has 0 radical (unpaired) electrons. The number of benzene rings is 1. The fourth-order valence-corrected chi connectivity index (χ4v) is 2.68. The van der Waals surface area contributed by atoms with Crippen molar-refractivity contribution >= 4 is 23.4 Å². The van der Waals surface area contributed by atoms with E-state index in [0.717, 1.165) is 0 Å². The number of ether oxygens (including phenoxy) is 1. The molecular formula is C17H19FN6O4. The van der Waals surface area contributed by atoms with Crippen LogP contribution in [0.1, 0.15) is 19.5 Å². The summed E-state index contributed by atoms with van der Waals surface area (Å²) in [5.41, 5.74) is 1.44. The third kappa shape index (κ3) is 4.08. The van der Waals surface area contributed by atoms with Crippen LogP contribution in [0.25, 0.3) is 5.69 Å². The smallest absolute Gasteiger partial charge is 0.414 e. The lowest BCUT2D eigenvalue weighted by Crippen LogP contribution is -2.33. The zero-order valence-corrected chi connectivity index (χ0v) is 15.5. The van der Waals surface area contributed by atoms with Crippen LogP contribution in [0.5, 0.6) is 0 Å². The van der Waals surface area contributed by atoms with E-state index in [1.54, 1.807) is 13.0 Å². The Morgan fingerprint density at radius 2 is 2.25 bits per heavy atom. The average molecular weight is 390 g/mol. The molecule has 1 aliphatic rings. The Hall–Kier alpha value is -3.50. The van der Waals surface area contributed by atoms with E-state index in [9.17, 15) is 14.0 Å². The van der Waals surface area contributed by atoms with Crippen LogP contribution < -0.4 is 10.2 Å². The minimum atomic E-state index is -0.600. The second-order valence-corrected chi connectivity index (χ2v) is 6.10. The minimum Gasteiger partial charge on any atom is -0.442 e. The van der Waals surface area contributed by atoms with E-state index in [2.05, 4.69) is 25.6 Å². The van der Waals surface area contributed by atoms with E-state index in [1.165, 1.54) is 41.9 Å². The zero-order valence-electron chi connectivity index (χ0n) is 15.5. The molecule has 11 heteroatoms. The van der Waals surface area contributed by atoms with E-state index in [4.69, 9.17) is 4.74 Å². The molecule has 3 rings (SSSR count). The predicted octanol–water partition coefficient (Wildman–Crippen LogP) is 1.24. The monoisotopic (exact) mass is 390 g/mol. The molecule has 2 aromatic rings. The number of hydrogen-bond acceptors (Lipinski definition) is 7. The van der Waals surface area contributed by atoms with Gasteiger partial charge >= 0.3 is 6.09 Å². The summed E-state index contributed by atoms with van der Waals surface area (Å²) in [7, 11) is 1.41. The van der Waals surface area contributed by atoms with Gasteiger partial charge in [0, 0.05) is 6.92 Å². The van der Waals surface area contributed by atoms with E-state index in [1.807, 2.05) is 0 Å². The first-order valence-corrected chi connectivity index (χ1v) is 8.42. The SMILES string of the molecule is CO/N=C(\C)c1cn(-c2ccc(N3C[C@H](CNC(C)=O)OC3=O)cc2F)nn1. The van der Waals surface area contributed by atoms with Crippen molar-refractivity contribution in [3.05, 3.63) is 35.9 Å². The van der Waals surface area contributed by atoms with Crippen LogP contribution in [0.4, 0.5) is 14.9 Å². The number of halogens is 1. The summed E-state index contributed by atoms with van der Waals surface area (Å²) < 4.78 is 21.1. The van der Waals surface area contributed by atoms with Gasteiger partial charge in [-0.2, -0.15) is 0 Å². The fraction of sp³-hybridized carbons (Fsp3) is 0.353. The normalized spacial score (nSPS) is 16.9. The summed E-state index contributed by atoms with van der Waals surface area (Å²) >= 11 is 0. The van der Waals surface area contributed by atoms with Crippen LogP contribution in [0.3, 0.4) is 0 Å². The maximum absolute atomic E-state index is 14.6. The Morgan fingerprint density at radius 3 is 2.93 bits per heavy atom. The van der Waals surface area contributed by atoms with Gasteiger partial charge in [0.25, 0.3) is 0 Å². The van der Waals surface area contributed by atoms with Crippen molar-refractivity contribution in [2.45, 2.75) is 20.0 Å². The van der Waals surface area contributed by atoms with Crippen LogP contribution in [-0.2, 0) is 14.4 Å². The molecule has 0 spiro atoms. The van der Waals surface area contributed by atoms with Gasteiger partial charge in [-0.1, -0.05) is 10.4 Å². The van der Waals surface area contributed by atoms with Crippen molar-refractivity contribution in [3.8, 4) is 5.69 Å². The van der Waals surface area contributed by atoms with E-state index < -0.39 is 18.0 Å². The first-order valence-electron chi connectivity index (χ1n) is 8.42. The fourth-order valence-electron chi connectivity index (χ4n) is 2.68. The molecule has 10 nitrogen and oxygen atoms in total. The summed E-state index contributed by atoms with van der Waals surface area (Å²) in [4.78, 5) is 29.0. The van der Waals surface area contributed by atoms with Gasteiger partial charge in [0.15, 0.2) is 5.82 Å². The molecule has 1 aliphatic heterocycles. The zero-order chi connectivity index (χ0) is 20.3. The van der Waals surface area contributed by atoms with Crippen molar-refractivity contribution in [3.63, 3.8) is 0 Å².